The highest BCUT2D eigenvalue weighted by molar-refractivity contribution is 9.10. The predicted molar refractivity (Wildman–Crippen MR) is 544 cm³/mol. The average Bonchev–Trinajstić information content (AvgIpc) is 0.996. The van der Waals surface area contributed by atoms with Gasteiger partial charge in [-0.2, -0.15) is 10.2 Å². The van der Waals surface area contributed by atoms with E-state index in [4.69, 9.17) is 25.2 Å². The minimum atomic E-state index is -0.739. The lowest BCUT2D eigenvalue weighted by Crippen LogP contribution is -2.37. The molecule has 0 radical (unpaired) electrons. The second-order valence-corrected chi connectivity index (χ2v) is 36.0. The van der Waals surface area contributed by atoms with Crippen LogP contribution in [0.4, 0.5) is 10.8 Å². The van der Waals surface area contributed by atoms with Crippen LogP contribution in [0.3, 0.4) is 0 Å². The fourth-order valence-corrected chi connectivity index (χ4v) is 17.8. The van der Waals surface area contributed by atoms with Gasteiger partial charge in [0.25, 0.3) is 0 Å². The number of benzene rings is 12. The van der Waals surface area contributed by atoms with E-state index in [1.165, 1.54) is 32.7 Å². The first-order chi connectivity index (χ1) is 64.4. The SMILES string of the molecule is CC(C)(C(=O)Nc1nccs1)C(c1ccccc1)c1ccc2[nH]c(-c3ccccn3)cc2c1.COC(=O)C(C)(C)C(c1ccccc1)c1ccc(Br)cc1.COC(=O)C(C)(C)C(c1ccccc1)c1ccc(NN=C(c2ccccc2)c2ccccc2)cc1.COC(=O)C(C)(C)C(c1ccccc1)c1ccc2[nH]c(-c3ccccn3)cc2c1.NN=C(c1ccccc1)c1ccccc1. The van der Waals surface area contributed by atoms with Crippen molar-refractivity contribution in [2.24, 2.45) is 37.7 Å². The molecule has 4 atom stereocenters. The second kappa shape index (κ2) is 45.0. The lowest BCUT2D eigenvalue weighted by atomic mass is 9.70. The van der Waals surface area contributed by atoms with Gasteiger partial charge in [-0.15, -0.1) is 11.3 Å². The van der Waals surface area contributed by atoms with Gasteiger partial charge in [-0.1, -0.05) is 321 Å². The summed E-state index contributed by atoms with van der Waals surface area (Å²) >= 11 is 4.87. The molecule has 17 nitrogen and oxygen atoms in total. The number of halogens is 1. The topological polar surface area (TPSA) is 241 Å². The number of amides is 1. The van der Waals surface area contributed by atoms with Crippen LogP contribution in [0.25, 0.3) is 44.6 Å². The first-order valence-electron chi connectivity index (χ1n) is 43.8. The zero-order valence-electron chi connectivity index (χ0n) is 76.4. The van der Waals surface area contributed by atoms with Crippen LogP contribution in [-0.4, -0.2) is 81.5 Å². The van der Waals surface area contributed by atoms with E-state index < -0.39 is 21.7 Å². The normalized spacial score (nSPS) is 12.1. The summed E-state index contributed by atoms with van der Waals surface area (Å²) in [4.78, 5) is 71.0. The summed E-state index contributed by atoms with van der Waals surface area (Å²) in [6.45, 7) is 15.6. The monoisotopic (exact) mass is 1840 g/mol. The van der Waals surface area contributed by atoms with E-state index in [1.807, 2.05) is 316 Å². The maximum absolute atomic E-state index is 13.4. The number of hydrogen-bond acceptors (Lipinski definition) is 15. The number of nitrogens with zero attached hydrogens (tertiary/aromatic N) is 5. The van der Waals surface area contributed by atoms with Gasteiger partial charge in [0.05, 0.1) is 82.9 Å². The van der Waals surface area contributed by atoms with Gasteiger partial charge in [0.15, 0.2) is 5.13 Å². The van der Waals surface area contributed by atoms with Crippen molar-refractivity contribution in [1.82, 2.24) is 24.9 Å². The van der Waals surface area contributed by atoms with Crippen LogP contribution in [0.5, 0.6) is 0 Å². The number of H-pyrrole nitrogens is 2. The van der Waals surface area contributed by atoms with Crippen LogP contribution >= 0.6 is 27.3 Å². The number of nitrogens with one attached hydrogen (secondary N) is 4. The molecule has 0 saturated heterocycles. The quantitative estimate of drug-likeness (QED) is 0.0118. The zero-order valence-corrected chi connectivity index (χ0v) is 78.8. The Morgan fingerprint density at radius 3 is 0.985 bits per heavy atom. The number of carbonyl (C=O) groups is 4. The van der Waals surface area contributed by atoms with E-state index >= 15 is 0 Å². The maximum Gasteiger partial charge on any atom is 0.312 e. The van der Waals surface area contributed by atoms with Crippen LogP contribution in [-0.2, 0) is 33.4 Å². The van der Waals surface area contributed by atoms with Crippen LogP contribution in [0.15, 0.2) is 415 Å². The van der Waals surface area contributed by atoms with E-state index in [9.17, 15) is 19.2 Å². The van der Waals surface area contributed by atoms with Gasteiger partial charge < -0.3 is 35.3 Å². The van der Waals surface area contributed by atoms with Crippen LogP contribution in [0, 0.1) is 21.7 Å². The van der Waals surface area contributed by atoms with E-state index in [2.05, 4.69) is 178 Å². The summed E-state index contributed by atoms with van der Waals surface area (Å²) in [5.74, 6) is 4.20. The molecule has 4 unspecified atom stereocenters. The summed E-state index contributed by atoms with van der Waals surface area (Å²) in [7, 11) is 4.32. The van der Waals surface area contributed by atoms with Crippen molar-refractivity contribution in [1.29, 1.82) is 0 Å². The van der Waals surface area contributed by atoms with Gasteiger partial charge in [0, 0.05) is 96.2 Å². The molecule has 5 heterocycles. The molecular formula is C114H109BrN10O7S. The number of pyridine rings is 2. The fraction of sp³-hybridized carbons (Fsp3) is 0.167. The largest absolute Gasteiger partial charge is 0.469 e. The molecule has 17 aromatic rings. The van der Waals surface area contributed by atoms with E-state index in [0.717, 1.165) is 133 Å². The molecule has 12 aromatic carbocycles. The Morgan fingerprint density at radius 2 is 0.662 bits per heavy atom. The number of ether oxygens (including phenoxy) is 3. The van der Waals surface area contributed by atoms with Gasteiger partial charge in [0.2, 0.25) is 5.91 Å². The molecule has 1 amide bonds. The number of fused-ring (bicyclic) bond motifs is 2. The fourth-order valence-electron chi connectivity index (χ4n) is 17.0. The third-order valence-electron chi connectivity index (χ3n) is 23.7. The van der Waals surface area contributed by atoms with Crippen LogP contribution < -0.4 is 16.6 Å². The third-order valence-corrected chi connectivity index (χ3v) is 24.9. The van der Waals surface area contributed by atoms with Gasteiger partial charge >= 0.3 is 17.9 Å². The highest BCUT2D eigenvalue weighted by Gasteiger charge is 2.44. The average molecular weight is 1840 g/mol. The highest BCUT2D eigenvalue weighted by Crippen LogP contribution is 2.47. The van der Waals surface area contributed by atoms with Crippen LogP contribution in [0.1, 0.15) is 146 Å². The minimum absolute atomic E-state index is 0.0563. The van der Waals surface area contributed by atoms with Crippen molar-refractivity contribution >= 4 is 95.1 Å². The Balaban J connectivity index is 0.000000145. The Hall–Kier alpha value is -15.1. The number of aromatic nitrogens is 5. The van der Waals surface area contributed by atoms with Crippen molar-refractivity contribution in [3.05, 3.63) is 471 Å². The summed E-state index contributed by atoms with van der Waals surface area (Å²) in [5, 5.41) is 16.2. The standard InChI is InChI=1S/C31H30N2O2.C27H24N4OS.C25H24N2O2.C18H19BrO2.C13H12N2/c1-31(2,30(34)35-3)28(23-13-7-4-8-14-23)24-19-21-27(22-20-24)32-33-29(25-15-9-5-10-16-25)26-17-11-6-12-18-26;1-27(2,25(32)31-26-29-14-15-33-26)24(18-8-4-3-5-9-18)19-11-12-21-20(16-19)17-23(30-21)22-10-6-7-13-28-22;1-25(2,24(28)29-3)23(17-9-5-4-6-10-17)18-12-13-20-19(15-18)16-22(27-20)21-11-7-8-14-26-21;1-18(2,17(20)21-3)16(13-7-5-4-6-8-13)14-9-11-15(19)12-10-14;14-15-13(11-7-3-1-4-8-11)12-9-5-2-6-10-12/h4-22,28,32H,1-3H3;3-17,24,30H,1-2H3,(H,29,31,32);4-16,23,27H,1-3H3;4-12,16H,1-3H3;1-10H,14H2. The molecule has 133 heavy (non-hydrogen) atoms. The number of hydrogen-bond donors (Lipinski definition) is 5. The number of rotatable bonds is 25. The van der Waals surface area contributed by atoms with Crippen molar-refractivity contribution < 1.29 is 33.4 Å². The summed E-state index contributed by atoms with van der Waals surface area (Å²) in [5.41, 5.74) is 21.5. The van der Waals surface area contributed by atoms with E-state index in [-0.39, 0.29) is 47.5 Å². The number of aromatic amines is 2. The number of hydrazone groups is 2. The van der Waals surface area contributed by atoms with Gasteiger partial charge in [-0.3, -0.25) is 34.6 Å². The molecule has 5 aromatic heterocycles. The number of thiazole rings is 1. The Labute approximate surface area is 790 Å². The van der Waals surface area contributed by atoms with Gasteiger partial charge in [0.1, 0.15) is 0 Å². The Bertz CT molecular complexity index is 6570. The number of nitrogens with two attached hydrogens (primary N) is 1. The molecule has 0 spiro atoms. The molecule has 0 fully saturated rings. The lowest BCUT2D eigenvalue weighted by Gasteiger charge is -2.34. The lowest BCUT2D eigenvalue weighted by molar-refractivity contribution is -0.152. The second-order valence-electron chi connectivity index (χ2n) is 34.2. The number of methoxy groups -OCH3 is 3. The maximum atomic E-state index is 13.4. The summed E-state index contributed by atoms with van der Waals surface area (Å²) in [6, 6.07) is 125. The van der Waals surface area contributed by atoms with Crippen molar-refractivity contribution in [2.75, 3.05) is 32.1 Å². The molecule has 0 aliphatic rings. The molecule has 19 heteroatoms. The van der Waals surface area contributed by atoms with Crippen molar-refractivity contribution in [3.8, 4) is 22.8 Å². The van der Waals surface area contributed by atoms with Crippen molar-refractivity contribution in [2.45, 2.75) is 79.1 Å². The highest BCUT2D eigenvalue weighted by atomic mass is 79.9. The predicted octanol–water partition coefficient (Wildman–Crippen LogP) is 26.1. The molecule has 0 aliphatic heterocycles. The van der Waals surface area contributed by atoms with E-state index in [0.29, 0.717) is 5.13 Å². The number of carbonyl (C=O) groups excluding carboxylic acids is 4. The summed E-state index contributed by atoms with van der Waals surface area (Å²) < 4.78 is 16.3. The van der Waals surface area contributed by atoms with Gasteiger partial charge in [-0.25, -0.2) is 4.98 Å². The van der Waals surface area contributed by atoms with Crippen LogP contribution in [0.2, 0.25) is 0 Å². The smallest absolute Gasteiger partial charge is 0.312 e. The number of anilines is 2. The van der Waals surface area contributed by atoms with Crippen molar-refractivity contribution in [3.63, 3.8) is 0 Å². The minimum Gasteiger partial charge on any atom is -0.469 e. The summed E-state index contributed by atoms with van der Waals surface area (Å²) in [6.07, 6.45) is 5.28. The first kappa shape index (κ1) is 95.5. The Morgan fingerprint density at radius 1 is 0.353 bits per heavy atom. The zero-order chi connectivity index (χ0) is 93.9. The molecule has 0 aliphatic carbocycles. The molecule has 6 N–H and O–H groups in total. The van der Waals surface area contributed by atoms with E-state index in [1.54, 1.807) is 18.6 Å². The number of esters is 3. The third kappa shape index (κ3) is 23.8. The molecular weight excluding hydrogens is 1730 g/mol. The molecule has 0 saturated carbocycles. The molecule has 670 valence electrons. The molecule has 17 rings (SSSR count). The first-order valence-corrected chi connectivity index (χ1v) is 45.5. The molecule has 0 bridgehead atoms. The van der Waals surface area contributed by atoms with Gasteiger partial charge in [-0.05, 0) is 171 Å². The Kier molecular flexibility index (Phi) is 32.3.